The molecule has 0 aromatic heterocycles. The van der Waals surface area contributed by atoms with Crippen molar-refractivity contribution in [2.24, 2.45) is 0 Å². The second kappa shape index (κ2) is 10.5. The summed E-state index contributed by atoms with van der Waals surface area (Å²) in [6, 6.07) is 9.95. The lowest BCUT2D eigenvalue weighted by Crippen LogP contribution is -2.34. The third-order valence-corrected chi connectivity index (χ3v) is 9.97. The van der Waals surface area contributed by atoms with Crippen LogP contribution in [0.3, 0.4) is 0 Å². The molecule has 6 rings (SSSR count). The van der Waals surface area contributed by atoms with E-state index in [4.69, 9.17) is 0 Å². The number of allylic oxidation sites excluding steroid dienone is 2. The van der Waals surface area contributed by atoms with Gasteiger partial charge in [-0.15, -0.1) is 0 Å². The van der Waals surface area contributed by atoms with Gasteiger partial charge < -0.3 is 0 Å². The van der Waals surface area contributed by atoms with Crippen molar-refractivity contribution in [1.29, 1.82) is 0 Å². The summed E-state index contributed by atoms with van der Waals surface area (Å²) >= 11 is 0. The normalized spacial score (nSPS) is 21.9. The molecule has 2 aromatic carbocycles. The molecule has 0 aliphatic heterocycles. The van der Waals surface area contributed by atoms with Gasteiger partial charge in [0.1, 0.15) is 0 Å². The van der Waals surface area contributed by atoms with Gasteiger partial charge in [0.2, 0.25) is 0 Å². The molecule has 0 saturated heterocycles. The highest BCUT2D eigenvalue weighted by molar-refractivity contribution is 6.31. The van der Waals surface area contributed by atoms with Crippen LogP contribution in [0.15, 0.2) is 35.4 Å². The van der Waals surface area contributed by atoms with E-state index in [0.717, 1.165) is 12.8 Å². The summed E-state index contributed by atoms with van der Waals surface area (Å²) in [6.07, 6.45) is 12.2. The SMILES string of the molecule is CC1=Cc2cc3c(cc2C1)C(C)(C)CCC3(C)C.CC1=Cc2cc3c(cc2C1)C(C)(C)CCC3(C)C.C[SiH2]C. The molecule has 4 aliphatic rings. The minimum absolute atomic E-state index is 0.338. The molecule has 0 spiro atoms. The molecule has 212 valence electrons. The van der Waals surface area contributed by atoms with Gasteiger partial charge in [0.25, 0.3) is 0 Å². The number of hydrogen-bond acceptors (Lipinski definition) is 0. The molecule has 39 heavy (non-hydrogen) atoms. The maximum Gasteiger partial charge on any atom is 0.0135 e. The molecule has 0 heterocycles. The Balaban J connectivity index is 0.000000165. The summed E-state index contributed by atoms with van der Waals surface area (Å²) < 4.78 is 0. The van der Waals surface area contributed by atoms with Crippen molar-refractivity contribution in [2.75, 3.05) is 0 Å². The topological polar surface area (TPSA) is 0 Å². The molecule has 2 aromatic rings. The van der Waals surface area contributed by atoms with Gasteiger partial charge in [0, 0.05) is 9.52 Å². The van der Waals surface area contributed by atoms with Crippen LogP contribution in [0.4, 0.5) is 0 Å². The molecule has 0 atom stereocenters. The van der Waals surface area contributed by atoms with Gasteiger partial charge in [-0.25, -0.2) is 0 Å². The monoisotopic (exact) mass is 540 g/mol. The molecular formula is C38H56Si. The summed E-state index contributed by atoms with van der Waals surface area (Å²) in [6.45, 7) is 28.2. The van der Waals surface area contributed by atoms with Crippen molar-refractivity contribution >= 4 is 21.7 Å². The lowest BCUT2D eigenvalue weighted by molar-refractivity contribution is 0.331. The van der Waals surface area contributed by atoms with Crippen LogP contribution in [-0.2, 0) is 34.5 Å². The summed E-state index contributed by atoms with van der Waals surface area (Å²) in [5, 5.41) is 0. The predicted octanol–water partition coefficient (Wildman–Crippen LogP) is 10.2. The molecule has 0 amide bonds. The maximum atomic E-state index is 2.50. The van der Waals surface area contributed by atoms with Crippen molar-refractivity contribution in [3.8, 4) is 0 Å². The van der Waals surface area contributed by atoms with Crippen LogP contribution in [0.5, 0.6) is 0 Å². The molecule has 0 nitrogen and oxygen atoms in total. The van der Waals surface area contributed by atoms with Gasteiger partial charge in [-0.05, 0) is 119 Å². The van der Waals surface area contributed by atoms with Crippen molar-refractivity contribution in [1.82, 2.24) is 0 Å². The average molecular weight is 541 g/mol. The lowest BCUT2D eigenvalue weighted by atomic mass is 9.62. The first-order valence-corrected chi connectivity index (χ1v) is 18.5. The zero-order valence-electron chi connectivity index (χ0n) is 27.4. The van der Waals surface area contributed by atoms with Crippen molar-refractivity contribution in [2.45, 2.75) is 143 Å². The standard InChI is InChI=1S/2C18H24.C2H8Si/c2*1-12-8-13-10-15-16(11-14(13)9-12)18(4,5)7-6-17(15,2)3;1-3-2/h2*8,10-11H,6-7,9H2,1-5H3;3H2,1-2H3. The molecule has 0 unspecified atom stereocenters. The average Bonchev–Trinajstić information content (AvgIpc) is 3.39. The van der Waals surface area contributed by atoms with Gasteiger partial charge in [0.15, 0.2) is 0 Å². The van der Waals surface area contributed by atoms with Crippen LogP contribution in [0, 0.1) is 0 Å². The Morgan fingerprint density at radius 3 is 1.03 bits per heavy atom. The first-order chi connectivity index (χ1) is 18.0. The van der Waals surface area contributed by atoms with Gasteiger partial charge in [-0.2, -0.15) is 0 Å². The predicted molar refractivity (Wildman–Crippen MR) is 178 cm³/mol. The summed E-state index contributed by atoms with van der Waals surface area (Å²) in [5.41, 5.74) is 16.8. The summed E-state index contributed by atoms with van der Waals surface area (Å²) in [7, 11) is 0.417. The third-order valence-electron chi connectivity index (χ3n) is 9.97. The Labute approximate surface area is 243 Å². The zero-order chi connectivity index (χ0) is 29.0. The highest BCUT2D eigenvalue weighted by Crippen LogP contribution is 2.49. The molecule has 0 N–H and O–H groups in total. The molecule has 1 heteroatoms. The van der Waals surface area contributed by atoms with Crippen molar-refractivity contribution in [3.05, 3.63) is 79.9 Å². The van der Waals surface area contributed by atoms with E-state index in [1.54, 1.807) is 22.3 Å². The number of rotatable bonds is 0. The van der Waals surface area contributed by atoms with Gasteiger partial charge in [-0.1, -0.05) is 116 Å². The molecule has 4 aliphatic carbocycles. The van der Waals surface area contributed by atoms with Crippen molar-refractivity contribution < 1.29 is 0 Å². The minimum atomic E-state index is 0.338. The Morgan fingerprint density at radius 2 is 0.744 bits per heavy atom. The zero-order valence-corrected chi connectivity index (χ0v) is 28.8. The van der Waals surface area contributed by atoms with E-state index in [1.165, 1.54) is 59.1 Å². The Bertz CT molecular complexity index is 1210. The summed E-state index contributed by atoms with van der Waals surface area (Å²) in [4.78, 5) is 0. The fourth-order valence-electron chi connectivity index (χ4n) is 7.16. The quantitative estimate of drug-likeness (QED) is 0.292. The van der Waals surface area contributed by atoms with Crippen LogP contribution < -0.4 is 0 Å². The number of hydrogen-bond donors (Lipinski definition) is 0. The molecule has 0 saturated carbocycles. The fourth-order valence-corrected chi connectivity index (χ4v) is 7.16. The fraction of sp³-hybridized carbons (Fsp3) is 0.579. The van der Waals surface area contributed by atoms with Crippen LogP contribution in [0.1, 0.15) is 139 Å². The van der Waals surface area contributed by atoms with Gasteiger partial charge in [0.05, 0.1) is 0 Å². The second-order valence-corrected chi connectivity index (χ2v) is 17.2. The van der Waals surface area contributed by atoms with Crippen LogP contribution in [0.25, 0.3) is 12.2 Å². The first kappa shape index (κ1) is 30.1. The van der Waals surface area contributed by atoms with E-state index in [0.29, 0.717) is 31.2 Å². The maximum absolute atomic E-state index is 2.50. The second-order valence-electron chi connectivity index (χ2n) is 15.8. The molecule has 0 bridgehead atoms. The van der Waals surface area contributed by atoms with E-state index < -0.39 is 0 Å². The molecule has 0 fully saturated rings. The third kappa shape index (κ3) is 5.95. The van der Waals surface area contributed by atoms with Crippen LogP contribution in [0.2, 0.25) is 13.1 Å². The van der Waals surface area contributed by atoms with Crippen LogP contribution in [-0.4, -0.2) is 9.52 Å². The van der Waals surface area contributed by atoms with E-state index in [1.807, 2.05) is 0 Å². The van der Waals surface area contributed by atoms with E-state index in [2.05, 4.69) is 119 Å². The smallest absolute Gasteiger partial charge is 0.0135 e. The molecular weight excluding hydrogens is 485 g/mol. The van der Waals surface area contributed by atoms with Gasteiger partial charge in [-0.3, -0.25) is 0 Å². The van der Waals surface area contributed by atoms with Gasteiger partial charge >= 0.3 is 0 Å². The Hall–Kier alpha value is -1.86. The highest BCUT2D eigenvalue weighted by atomic mass is 28.2. The van der Waals surface area contributed by atoms with E-state index in [9.17, 15) is 0 Å². The number of fused-ring (bicyclic) bond motifs is 4. The molecule has 0 radical (unpaired) electrons. The Morgan fingerprint density at radius 1 is 0.487 bits per heavy atom. The van der Waals surface area contributed by atoms with E-state index >= 15 is 0 Å². The first-order valence-electron chi connectivity index (χ1n) is 15.7. The van der Waals surface area contributed by atoms with Crippen molar-refractivity contribution in [3.63, 3.8) is 0 Å². The number of benzene rings is 2. The minimum Gasteiger partial charge on any atom is -0.0750 e. The lowest BCUT2D eigenvalue weighted by Gasteiger charge is -2.42. The largest absolute Gasteiger partial charge is 0.0750 e. The summed E-state index contributed by atoms with van der Waals surface area (Å²) in [5.74, 6) is 0. The van der Waals surface area contributed by atoms with E-state index in [-0.39, 0.29) is 0 Å². The Kier molecular flexibility index (Phi) is 8.12. The van der Waals surface area contributed by atoms with Crippen LogP contribution >= 0.6 is 0 Å². The highest BCUT2D eigenvalue weighted by Gasteiger charge is 2.39.